The molecule has 0 radical (unpaired) electrons. The molecule has 1 aliphatic rings. The second-order valence-electron chi connectivity index (χ2n) is 5.27. The first-order chi connectivity index (χ1) is 8.93. The molecule has 2 heterocycles. The maximum atomic E-state index is 10.9. The van der Waals surface area contributed by atoms with Gasteiger partial charge < -0.3 is 5.11 Å². The normalized spacial score (nSPS) is 18.3. The predicted octanol–water partition coefficient (Wildman–Crippen LogP) is 1.79. The van der Waals surface area contributed by atoms with Crippen LogP contribution in [0.4, 0.5) is 0 Å². The molecule has 19 heavy (non-hydrogen) atoms. The number of halogens is 1. The molecule has 0 bridgehead atoms. The molecule has 1 fully saturated rings. The van der Waals surface area contributed by atoms with E-state index >= 15 is 0 Å². The third-order valence-corrected chi connectivity index (χ3v) is 4.39. The number of aryl methyl sites for hydroxylation is 2. The van der Waals surface area contributed by atoms with Crippen LogP contribution in [0, 0.1) is 11.8 Å². The van der Waals surface area contributed by atoms with E-state index in [1.807, 2.05) is 18.7 Å². The molecule has 0 saturated carbocycles. The maximum absolute atomic E-state index is 10.9. The molecular formula is C13H20ClN3O2. The van der Waals surface area contributed by atoms with Gasteiger partial charge in [0.2, 0.25) is 0 Å². The zero-order valence-corrected chi connectivity index (χ0v) is 12.3. The molecule has 0 spiro atoms. The second-order valence-corrected chi connectivity index (χ2v) is 5.64. The fourth-order valence-electron chi connectivity index (χ4n) is 2.46. The van der Waals surface area contributed by atoms with Gasteiger partial charge in [0, 0.05) is 26.7 Å². The van der Waals surface area contributed by atoms with Crippen molar-refractivity contribution in [2.45, 2.75) is 26.8 Å². The maximum Gasteiger partial charge on any atom is 0.306 e. The summed E-state index contributed by atoms with van der Waals surface area (Å²) in [4.78, 5) is 13.1. The van der Waals surface area contributed by atoms with Gasteiger partial charge in [0.1, 0.15) is 0 Å². The number of carbonyl (C=O) groups is 1. The summed E-state index contributed by atoms with van der Waals surface area (Å²) in [6.45, 7) is 6.18. The predicted molar refractivity (Wildman–Crippen MR) is 73.2 cm³/mol. The van der Waals surface area contributed by atoms with Crippen LogP contribution in [0.1, 0.15) is 25.2 Å². The van der Waals surface area contributed by atoms with Gasteiger partial charge in [0.15, 0.2) is 0 Å². The molecule has 1 unspecified atom stereocenters. The summed E-state index contributed by atoms with van der Waals surface area (Å²) >= 11 is 6.30. The molecule has 106 valence electrons. The Bertz CT molecular complexity index is 480. The van der Waals surface area contributed by atoms with E-state index in [2.05, 4.69) is 10.00 Å². The van der Waals surface area contributed by atoms with Crippen LogP contribution < -0.4 is 0 Å². The van der Waals surface area contributed by atoms with Gasteiger partial charge in [-0.3, -0.25) is 14.4 Å². The molecule has 1 aromatic heterocycles. The Labute approximate surface area is 118 Å². The smallest absolute Gasteiger partial charge is 0.306 e. The minimum Gasteiger partial charge on any atom is -0.481 e. The minimum absolute atomic E-state index is 0.246. The van der Waals surface area contributed by atoms with Crippen LogP contribution in [-0.2, 0) is 24.8 Å². The first kappa shape index (κ1) is 14.3. The van der Waals surface area contributed by atoms with Crippen LogP contribution >= 0.6 is 11.6 Å². The lowest BCUT2D eigenvalue weighted by atomic mass is 9.87. The summed E-state index contributed by atoms with van der Waals surface area (Å²) in [5.74, 6) is -0.740. The van der Waals surface area contributed by atoms with Crippen LogP contribution in [0.2, 0.25) is 5.02 Å². The quantitative estimate of drug-likeness (QED) is 0.896. The Kier molecular flexibility index (Phi) is 4.16. The second kappa shape index (κ2) is 5.51. The van der Waals surface area contributed by atoms with Crippen molar-refractivity contribution in [2.24, 2.45) is 18.9 Å². The number of likely N-dealkylation sites (tertiary alicyclic amines) is 1. The summed E-state index contributed by atoms with van der Waals surface area (Å²) in [6, 6.07) is 0. The first-order valence-electron chi connectivity index (χ1n) is 6.59. The van der Waals surface area contributed by atoms with Gasteiger partial charge in [-0.05, 0) is 12.3 Å². The lowest BCUT2D eigenvalue weighted by Crippen LogP contribution is -2.50. The van der Waals surface area contributed by atoms with Gasteiger partial charge in [-0.2, -0.15) is 5.10 Å². The Morgan fingerprint density at radius 2 is 2.21 bits per heavy atom. The number of hydrogen-bond acceptors (Lipinski definition) is 3. The van der Waals surface area contributed by atoms with Gasteiger partial charge in [0.05, 0.1) is 22.3 Å². The highest BCUT2D eigenvalue weighted by Gasteiger charge is 2.35. The molecule has 6 heteroatoms. The average molecular weight is 286 g/mol. The number of carboxylic acid groups (broad SMARTS) is 1. The zero-order chi connectivity index (χ0) is 14.2. The Balaban J connectivity index is 1.95. The largest absolute Gasteiger partial charge is 0.481 e. The third-order valence-electron chi connectivity index (χ3n) is 3.96. The summed E-state index contributed by atoms with van der Waals surface area (Å²) < 4.78 is 1.83. The molecule has 0 aromatic carbocycles. The van der Waals surface area contributed by atoms with Crippen molar-refractivity contribution in [2.75, 3.05) is 13.1 Å². The monoisotopic (exact) mass is 285 g/mol. The number of rotatable bonds is 5. The van der Waals surface area contributed by atoms with Crippen LogP contribution in [0.5, 0.6) is 0 Å². The molecule has 5 nitrogen and oxygen atoms in total. The molecule has 1 aromatic rings. The van der Waals surface area contributed by atoms with E-state index in [1.54, 1.807) is 6.92 Å². The van der Waals surface area contributed by atoms with E-state index in [4.69, 9.17) is 16.7 Å². The Morgan fingerprint density at radius 1 is 1.58 bits per heavy atom. The van der Waals surface area contributed by atoms with E-state index < -0.39 is 5.97 Å². The van der Waals surface area contributed by atoms with E-state index in [9.17, 15) is 4.79 Å². The van der Waals surface area contributed by atoms with Crippen molar-refractivity contribution in [1.29, 1.82) is 0 Å². The van der Waals surface area contributed by atoms with Crippen molar-refractivity contribution in [1.82, 2.24) is 14.7 Å². The Hall–Kier alpha value is -1.07. The lowest BCUT2D eigenvalue weighted by molar-refractivity contribution is -0.145. The van der Waals surface area contributed by atoms with E-state index in [1.165, 1.54) is 0 Å². The van der Waals surface area contributed by atoms with Gasteiger partial charge in [-0.1, -0.05) is 25.4 Å². The fourth-order valence-corrected chi connectivity index (χ4v) is 2.81. The van der Waals surface area contributed by atoms with Crippen LogP contribution in [-0.4, -0.2) is 38.8 Å². The molecule has 0 aliphatic carbocycles. The summed E-state index contributed by atoms with van der Waals surface area (Å²) in [7, 11) is 1.90. The fraction of sp³-hybridized carbons (Fsp3) is 0.692. The van der Waals surface area contributed by atoms with Crippen LogP contribution in [0.3, 0.4) is 0 Å². The molecule has 1 N–H and O–H groups in total. The van der Waals surface area contributed by atoms with Crippen LogP contribution in [0.15, 0.2) is 0 Å². The molecule has 1 atom stereocenters. The van der Waals surface area contributed by atoms with Crippen molar-refractivity contribution in [3.63, 3.8) is 0 Å². The highest BCUT2D eigenvalue weighted by Crippen LogP contribution is 2.28. The topological polar surface area (TPSA) is 58.4 Å². The van der Waals surface area contributed by atoms with E-state index in [0.717, 1.165) is 42.5 Å². The highest BCUT2D eigenvalue weighted by atomic mass is 35.5. The summed E-state index contributed by atoms with van der Waals surface area (Å²) in [5, 5.41) is 14.1. The van der Waals surface area contributed by atoms with Crippen molar-refractivity contribution in [3.05, 3.63) is 16.4 Å². The average Bonchev–Trinajstić information content (AvgIpc) is 2.58. The third kappa shape index (κ3) is 2.77. The van der Waals surface area contributed by atoms with Crippen molar-refractivity contribution in [3.8, 4) is 0 Å². The van der Waals surface area contributed by atoms with Gasteiger partial charge in [0.25, 0.3) is 0 Å². The SMILES string of the molecule is CCc1nn(C)c(CN2CC(C(C)C(=O)O)C2)c1Cl. The number of aliphatic carboxylic acids is 1. The van der Waals surface area contributed by atoms with Crippen molar-refractivity contribution >= 4 is 17.6 Å². The van der Waals surface area contributed by atoms with Crippen molar-refractivity contribution < 1.29 is 9.90 Å². The van der Waals surface area contributed by atoms with Gasteiger partial charge in [-0.25, -0.2) is 0 Å². The standard InChI is InChI=1S/C13H20ClN3O2/c1-4-10-12(14)11(16(3)15-10)7-17-5-9(6-17)8(2)13(18)19/h8-9H,4-7H2,1-3H3,(H,18,19). The number of carboxylic acids is 1. The Morgan fingerprint density at radius 3 is 2.68 bits per heavy atom. The summed E-state index contributed by atoms with van der Waals surface area (Å²) in [6.07, 6.45) is 0.825. The molecule has 1 aliphatic heterocycles. The zero-order valence-electron chi connectivity index (χ0n) is 11.6. The van der Waals surface area contributed by atoms with E-state index in [-0.39, 0.29) is 11.8 Å². The summed E-state index contributed by atoms with van der Waals surface area (Å²) in [5.41, 5.74) is 1.94. The lowest BCUT2D eigenvalue weighted by Gasteiger charge is -2.41. The van der Waals surface area contributed by atoms with Crippen LogP contribution in [0.25, 0.3) is 0 Å². The number of aromatic nitrogens is 2. The van der Waals surface area contributed by atoms with Gasteiger partial charge >= 0.3 is 5.97 Å². The van der Waals surface area contributed by atoms with E-state index in [0.29, 0.717) is 0 Å². The number of hydrogen-bond donors (Lipinski definition) is 1. The molecular weight excluding hydrogens is 266 g/mol. The van der Waals surface area contributed by atoms with Gasteiger partial charge in [-0.15, -0.1) is 0 Å². The highest BCUT2D eigenvalue weighted by molar-refractivity contribution is 6.31. The molecule has 1 saturated heterocycles. The first-order valence-corrected chi connectivity index (χ1v) is 6.97. The molecule has 0 amide bonds. The minimum atomic E-state index is -0.712. The number of nitrogens with zero attached hydrogens (tertiary/aromatic N) is 3. The molecule has 2 rings (SSSR count).